The molecule has 0 amide bonds. The minimum absolute atomic E-state index is 0.372. The van der Waals surface area contributed by atoms with Crippen LogP contribution in [-0.4, -0.2) is 4.98 Å². The number of fused-ring (bicyclic) bond motifs is 1. The maximum atomic E-state index is 6.51. The average molecular weight is 337 g/mol. The molecule has 1 aliphatic rings. The predicted octanol–water partition coefficient (Wildman–Crippen LogP) is 3.81. The Morgan fingerprint density at radius 2 is 2.05 bits per heavy atom. The van der Waals surface area contributed by atoms with Crippen molar-refractivity contribution in [1.82, 2.24) is 4.98 Å². The molecule has 4 heteroatoms. The van der Waals surface area contributed by atoms with Crippen LogP contribution in [0.3, 0.4) is 0 Å². The van der Waals surface area contributed by atoms with Crippen molar-refractivity contribution in [2.75, 3.05) is 0 Å². The summed E-state index contributed by atoms with van der Waals surface area (Å²) in [6.45, 7) is 2.09. The van der Waals surface area contributed by atoms with E-state index in [0.717, 1.165) is 22.3 Å². The van der Waals surface area contributed by atoms with Crippen molar-refractivity contribution in [3.05, 3.63) is 49.9 Å². The van der Waals surface area contributed by atoms with Gasteiger partial charge in [-0.2, -0.15) is 0 Å². The lowest BCUT2D eigenvalue weighted by molar-refractivity contribution is 0.487. The second kappa shape index (κ2) is 5.00. The maximum absolute atomic E-state index is 6.51. The van der Waals surface area contributed by atoms with Gasteiger partial charge in [-0.15, -0.1) is 11.3 Å². The molecule has 19 heavy (non-hydrogen) atoms. The van der Waals surface area contributed by atoms with Crippen LogP contribution in [0.15, 0.2) is 28.7 Å². The Kier molecular flexibility index (Phi) is 3.50. The molecule has 2 aromatic rings. The first kappa shape index (κ1) is 13.3. The van der Waals surface area contributed by atoms with Crippen LogP contribution in [0, 0.1) is 0 Å². The third-order valence-electron chi connectivity index (χ3n) is 3.57. The molecule has 0 radical (unpaired) electrons. The molecule has 0 bridgehead atoms. The van der Waals surface area contributed by atoms with E-state index in [9.17, 15) is 0 Å². The van der Waals surface area contributed by atoms with Gasteiger partial charge in [0.1, 0.15) is 5.01 Å². The van der Waals surface area contributed by atoms with Gasteiger partial charge in [0.2, 0.25) is 0 Å². The quantitative estimate of drug-likeness (QED) is 0.925. The van der Waals surface area contributed by atoms with Crippen molar-refractivity contribution < 1.29 is 0 Å². The highest BCUT2D eigenvalue weighted by atomic mass is 79.9. The summed E-state index contributed by atoms with van der Waals surface area (Å²) in [5.74, 6) is 0. The molecule has 0 aliphatic heterocycles. The molecule has 0 saturated heterocycles. The standard InChI is InChI=1S/C15H17BrN2S/c1-15(17,9-10-5-7-11(16)8-6-10)14-18-12-3-2-4-13(12)19-14/h5-8H,2-4,9,17H2,1H3. The van der Waals surface area contributed by atoms with Gasteiger partial charge in [0.15, 0.2) is 0 Å². The zero-order valence-corrected chi connectivity index (χ0v) is 13.4. The average Bonchev–Trinajstić information content (AvgIpc) is 2.92. The van der Waals surface area contributed by atoms with E-state index in [1.165, 1.54) is 29.0 Å². The van der Waals surface area contributed by atoms with E-state index in [-0.39, 0.29) is 5.54 Å². The summed E-state index contributed by atoms with van der Waals surface area (Å²) in [5, 5.41) is 1.08. The largest absolute Gasteiger partial charge is 0.319 e. The highest BCUT2D eigenvalue weighted by Crippen LogP contribution is 2.33. The van der Waals surface area contributed by atoms with Crippen molar-refractivity contribution in [2.24, 2.45) is 5.73 Å². The van der Waals surface area contributed by atoms with Gasteiger partial charge in [0.05, 0.1) is 11.2 Å². The van der Waals surface area contributed by atoms with Gasteiger partial charge in [-0.25, -0.2) is 4.98 Å². The fourth-order valence-corrected chi connectivity index (χ4v) is 4.01. The van der Waals surface area contributed by atoms with Gasteiger partial charge in [-0.3, -0.25) is 0 Å². The summed E-state index contributed by atoms with van der Waals surface area (Å²) in [6, 6.07) is 8.37. The Balaban J connectivity index is 1.83. The van der Waals surface area contributed by atoms with Crippen LogP contribution in [0.5, 0.6) is 0 Å². The van der Waals surface area contributed by atoms with Crippen LogP contribution in [0.25, 0.3) is 0 Å². The predicted molar refractivity (Wildman–Crippen MR) is 83.5 cm³/mol. The highest BCUT2D eigenvalue weighted by Gasteiger charge is 2.28. The van der Waals surface area contributed by atoms with Gasteiger partial charge in [0, 0.05) is 9.35 Å². The lowest BCUT2D eigenvalue weighted by Gasteiger charge is -2.22. The fraction of sp³-hybridized carbons (Fsp3) is 0.400. The van der Waals surface area contributed by atoms with Gasteiger partial charge < -0.3 is 5.73 Å². The first-order valence-corrected chi connectivity index (χ1v) is 8.18. The minimum Gasteiger partial charge on any atom is -0.319 e. The summed E-state index contributed by atoms with van der Waals surface area (Å²) < 4.78 is 1.10. The number of aromatic nitrogens is 1. The number of hydrogen-bond acceptors (Lipinski definition) is 3. The van der Waals surface area contributed by atoms with E-state index in [0.29, 0.717) is 0 Å². The van der Waals surface area contributed by atoms with Crippen LogP contribution < -0.4 is 5.73 Å². The summed E-state index contributed by atoms with van der Waals surface area (Å²) in [5.41, 5.74) is 8.67. The van der Waals surface area contributed by atoms with Gasteiger partial charge in [-0.05, 0) is 50.3 Å². The Hall–Kier alpha value is -0.710. The molecule has 1 heterocycles. The molecule has 0 saturated carbocycles. The molecule has 100 valence electrons. The van der Waals surface area contributed by atoms with Crippen LogP contribution in [0.2, 0.25) is 0 Å². The number of aryl methyl sites for hydroxylation is 2. The first-order valence-electron chi connectivity index (χ1n) is 6.57. The monoisotopic (exact) mass is 336 g/mol. The molecule has 0 spiro atoms. The SMILES string of the molecule is CC(N)(Cc1ccc(Br)cc1)c1nc2c(s1)CCC2. The summed E-state index contributed by atoms with van der Waals surface area (Å²) in [6.07, 6.45) is 4.39. The number of thiazole rings is 1. The number of hydrogen-bond donors (Lipinski definition) is 1. The lowest BCUT2D eigenvalue weighted by atomic mass is 9.95. The van der Waals surface area contributed by atoms with E-state index in [1.54, 1.807) is 11.3 Å². The molecule has 1 aromatic carbocycles. The number of nitrogens with zero attached hydrogens (tertiary/aromatic N) is 1. The van der Waals surface area contributed by atoms with Crippen LogP contribution in [-0.2, 0) is 24.8 Å². The number of halogens is 1. The topological polar surface area (TPSA) is 38.9 Å². The number of rotatable bonds is 3. The second-order valence-corrected chi connectivity index (χ2v) is 7.46. The van der Waals surface area contributed by atoms with E-state index >= 15 is 0 Å². The van der Waals surface area contributed by atoms with Crippen LogP contribution in [0.4, 0.5) is 0 Å². The summed E-state index contributed by atoms with van der Waals surface area (Å²) in [4.78, 5) is 6.21. The Labute approximate surface area is 126 Å². The molecule has 1 aromatic heterocycles. The van der Waals surface area contributed by atoms with Gasteiger partial charge in [-0.1, -0.05) is 28.1 Å². The van der Waals surface area contributed by atoms with Crippen LogP contribution >= 0.6 is 27.3 Å². The normalized spacial score (nSPS) is 17.2. The van der Waals surface area contributed by atoms with Crippen molar-refractivity contribution >= 4 is 27.3 Å². The van der Waals surface area contributed by atoms with Gasteiger partial charge >= 0.3 is 0 Å². The Bertz CT molecular complexity index is 565. The molecular formula is C15H17BrN2S. The molecule has 0 fully saturated rings. The Morgan fingerprint density at radius 3 is 2.74 bits per heavy atom. The lowest BCUT2D eigenvalue weighted by Crippen LogP contribution is -2.35. The third-order valence-corrected chi connectivity index (χ3v) is 5.53. The molecule has 3 rings (SSSR count). The molecule has 2 nitrogen and oxygen atoms in total. The van der Waals surface area contributed by atoms with Crippen molar-refractivity contribution in [2.45, 2.75) is 38.1 Å². The number of benzene rings is 1. The van der Waals surface area contributed by atoms with Crippen molar-refractivity contribution in [3.8, 4) is 0 Å². The number of nitrogens with two attached hydrogens (primary N) is 1. The van der Waals surface area contributed by atoms with E-state index in [4.69, 9.17) is 10.7 Å². The second-order valence-electron chi connectivity index (χ2n) is 5.46. The van der Waals surface area contributed by atoms with Crippen molar-refractivity contribution in [1.29, 1.82) is 0 Å². The molecule has 1 aliphatic carbocycles. The Morgan fingerprint density at radius 1 is 1.32 bits per heavy atom. The third kappa shape index (κ3) is 2.76. The van der Waals surface area contributed by atoms with Gasteiger partial charge in [0.25, 0.3) is 0 Å². The van der Waals surface area contributed by atoms with Crippen molar-refractivity contribution in [3.63, 3.8) is 0 Å². The van der Waals surface area contributed by atoms with Crippen LogP contribution in [0.1, 0.15) is 34.5 Å². The minimum atomic E-state index is -0.372. The fourth-order valence-electron chi connectivity index (χ4n) is 2.54. The van der Waals surface area contributed by atoms with E-state index in [2.05, 4.69) is 47.1 Å². The highest BCUT2D eigenvalue weighted by molar-refractivity contribution is 9.10. The molecule has 1 atom stereocenters. The first-order chi connectivity index (χ1) is 9.04. The zero-order valence-electron chi connectivity index (χ0n) is 10.9. The molecule has 2 N–H and O–H groups in total. The smallest absolute Gasteiger partial charge is 0.113 e. The summed E-state index contributed by atoms with van der Waals surface area (Å²) in [7, 11) is 0. The molecule has 1 unspecified atom stereocenters. The maximum Gasteiger partial charge on any atom is 0.113 e. The zero-order chi connectivity index (χ0) is 13.5. The summed E-state index contributed by atoms with van der Waals surface area (Å²) >= 11 is 5.26. The van der Waals surface area contributed by atoms with E-state index in [1.807, 2.05) is 0 Å². The van der Waals surface area contributed by atoms with E-state index < -0.39 is 0 Å². The molecular weight excluding hydrogens is 320 g/mol.